The van der Waals surface area contributed by atoms with Gasteiger partial charge in [-0.05, 0) is 43.7 Å². The van der Waals surface area contributed by atoms with Gasteiger partial charge in [-0.15, -0.1) is 0 Å². The van der Waals surface area contributed by atoms with E-state index in [0.29, 0.717) is 33.3 Å². The van der Waals surface area contributed by atoms with E-state index in [0.717, 1.165) is 11.1 Å². The molecular formula is C26H20ClN5O3. The molecule has 0 fully saturated rings. The lowest BCUT2D eigenvalue weighted by Crippen LogP contribution is -2.22. The van der Waals surface area contributed by atoms with E-state index in [2.05, 4.69) is 20.4 Å². The number of fused-ring (bicyclic) bond motifs is 1. The molecule has 2 aromatic carbocycles. The van der Waals surface area contributed by atoms with Gasteiger partial charge in [0.05, 0.1) is 16.1 Å². The number of halogens is 1. The Morgan fingerprint density at radius 1 is 1.00 bits per heavy atom. The monoisotopic (exact) mass is 485 g/mol. The highest BCUT2D eigenvalue weighted by Gasteiger charge is 2.20. The second-order valence-electron chi connectivity index (χ2n) is 8.09. The Morgan fingerprint density at radius 2 is 1.77 bits per heavy atom. The molecule has 0 radical (unpaired) electrons. The lowest BCUT2D eigenvalue weighted by atomic mass is 10.1. The molecule has 5 aromatic rings. The number of rotatable bonds is 5. The number of para-hydroxylation sites is 1. The van der Waals surface area contributed by atoms with Crippen molar-refractivity contribution in [2.75, 3.05) is 5.32 Å². The third-order valence-electron chi connectivity index (χ3n) is 5.56. The first kappa shape index (κ1) is 22.5. The standard InChI is InChI=1S/C26H20ClN5O3/c1-15-7-3-4-8-17(15)24-30-26(35-31-24)19-13-32(25-18(23(19)34)12-11-16(2)28-25)14-22(33)29-21-10-6-5-9-20(21)27/h3-13H,14H2,1-2H3,(H,29,33). The quantitative estimate of drug-likeness (QED) is 0.375. The van der Waals surface area contributed by atoms with Gasteiger partial charge in [-0.1, -0.05) is 53.2 Å². The number of nitrogens with zero attached hydrogens (tertiary/aromatic N) is 4. The van der Waals surface area contributed by atoms with Crippen LogP contribution in [-0.2, 0) is 11.3 Å². The van der Waals surface area contributed by atoms with E-state index in [1.54, 1.807) is 41.0 Å². The predicted octanol–water partition coefficient (Wildman–Crippen LogP) is 5.02. The third kappa shape index (κ3) is 4.43. The molecule has 3 heterocycles. The largest absolute Gasteiger partial charge is 0.333 e. The van der Waals surface area contributed by atoms with Gasteiger partial charge in [0, 0.05) is 17.5 Å². The van der Waals surface area contributed by atoms with Gasteiger partial charge < -0.3 is 14.4 Å². The molecule has 0 aliphatic heterocycles. The van der Waals surface area contributed by atoms with Crippen LogP contribution in [0.1, 0.15) is 11.3 Å². The molecule has 5 rings (SSSR count). The maximum atomic E-state index is 13.3. The summed E-state index contributed by atoms with van der Waals surface area (Å²) in [7, 11) is 0. The van der Waals surface area contributed by atoms with Crippen molar-refractivity contribution in [2.45, 2.75) is 20.4 Å². The molecular weight excluding hydrogens is 466 g/mol. The van der Waals surface area contributed by atoms with Gasteiger partial charge in [0.15, 0.2) is 0 Å². The molecule has 0 atom stereocenters. The summed E-state index contributed by atoms with van der Waals surface area (Å²) in [5.74, 6) is 0.113. The van der Waals surface area contributed by atoms with Crippen LogP contribution in [0.5, 0.6) is 0 Å². The number of benzene rings is 2. The van der Waals surface area contributed by atoms with Crippen LogP contribution in [0, 0.1) is 13.8 Å². The molecule has 0 unspecified atom stereocenters. The topological polar surface area (TPSA) is 103 Å². The van der Waals surface area contributed by atoms with Gasteiger partial charge in [0.1, 0.15) is 17.8 Å². The lowest BCUT2D eigenvalue weighted by molar-refractivity contribution is -0.116. The number of pyridine rings is 2. The van der Waals surface area contributed by atoms with Crippen LogP contribution in [0.4, 0.5) is 5.69 Å². The minimum Gasteiger partial charge on any atom is -0.333 e. The molecule has 0 saturated carbocycles. The Balaban J connectivity index is 1.57. The van der Waals surface area contributed by atoms with Crippen LogP contribution in [0.15, 0.2) is 76.2 Å². The van der Waals surface area contributed by atoms with E-state index in [1.165, 1.54) is 6.20 Å². The zero-order valence-electron chi connectivity index (χ0n) is 18.9. The summed E-state index contributed by atoms with van der Waals surface area (Å²) in [6, 6.07) is 18.0. The number of carbonyl (C=O) groups is 1. The molecule has 0 bridgehead atoms. The van der Waals surface area contributed by atoms with Crippen LogP contribution in [0.2, 0.25) is 5.02 Å². The SMILES string of the molecule is Cc1ccc2c(=O)c(-c3nc(-c4ccccc4C)no3)cn(CC(=O)Nc3ccccc3Cl)c2n1. The minimum absolute atomic E-state index is 0.0657. The van der Waals surface area contributed by atoms with Gasteiger partial charge in [0.2, 0.25) is 17.2 Å². The number of hydrogen-bond acceptors (Lipinski definition) is 6. The summed E-state index contributed by atoms with van der Waals surface area (Å²) in [5.41, 5.74) is 3.24. The fourth-order valence-electron chi connectivity index (χ4n) is 3.81. The second kappa shape index (κ2) is 9.15. The highest BCUT2D eigenvalue weighted by Crippen LogP contribution is 2.25. The molecule has 1 amide bonds. The van der Waals surface area contributed by atoms with E-state index in [9.17, 15) is 9.59 Å². The molecule has 1 N–H and O–H groups in total. The number of nitrogens with one attached hydrogen (secondary N) is 1. The van der Waals surface area contributed by atoms with Crippen molar-refractivity contribution in [1.29, 1.82) is 0 Å². The molecule has 0 aliphatic rings. The van der Waals surface area contributed by atoms with Crippen molar-refractivity contribution in [2.24, 2.45) is 0 Å². The fraction of sp³-hybridized carbons (Fsp3) is 0.115. The Hall–Kier alpha value is -4.30. The zero-order chi connectivity index (χ0) is 24.5. The van der Waals surface area contributed by atoms with Gasteiger partial charge in [-0.25, -0.2) is 4.98 Å². The van der Waals surface area contributed by atoms with Crippen LogP contribution >= 0.6 is 11.6 Å². The number of amides is 1. The summed E-state index contributed by atoms with van der Waals surface area (Å²) < 4.78 is 7.07. The van der Waals surface area contributed by atoms with Crippen molar-refractivity contribution in [3.8, 4) is 22.8 Å². The third-order valence-corrected chi connectivity index (χ3v) is 5.89. The van der Waals surface area contributed by atoms with Gasteiger partial charge in [0.25, 0.3) is 5.89 Å². The molecule has 8 nitrogen and oxygen atoms in total. The minimum atomic E-state index is -0.330. The summed E-state index contributed by atoms with van der Waals surface area (Å²) in [6.07, 6.45) is 1.53. The molecule has 9 heteroatoms. The first-order valence-corrected chi connectivity index (χ1v) is 11.2. The fourth-order valence-corrected chi connectivity index (χ4v) is 3.99. The van der Waals surface area contributed by atoms with E-state index >= 15 is 0 Å². The van der Waals surface area contributed by atoms with Crippen molar-refractivity contribution >= 4 is 34.2 Å². The molecule has 0 saturated heterocycles. The first-order valence-electron chi connectivity index (χ1n) is 10.9. The highest BCUT2D eigenvalue weighted by molar-refractivity contribution is 6.33. The maximum Gasteiger partial charge on any atom is 0.263 e. The van der Waals surface area contributed by atoms with Crippen molar-refractivity contribution < 1.29 is 9.32 Å². The van der Waals surface area contributed by atoms with E-state index in [4.69, 9.17) is 16.1 Å². The number of aromatic nitrogens is 4. The molecule has 3 aromatic heterocycles. The van der Waals surface area contributed by atoms with E-state index in [-0.39, 0.29) is 29.3 Å². The second-order valence-corrected chi connectivity index (χ2v) is 8.50. The number of hydrogen-bond donors (Lipinski definition) is 1. The molecule has 35 heavy (non-hydrogen) atoms. The Bertz CT molecular complexity index is 1640. The average Bonchev–Trinajstić information content (AvgIpc) is 3.32. The Labute approximate surface area is 205 Å². The first-order chi connectivity index (χ1) is 16.9. The average molecular weight is 486 g/mol. The lowest BCUT2D eigenvalue weighted by Gasteiger charge is -2.13. The zero-order valence-corrected chi connectivity index (χ0v) is 19.7. The van der Waals surface area contributed by atoms with Crippen LogP contribution in [0.3, 0.4) is 0 Å². The van der Waals surface area contributed by atoms with Crippen molar-refractivity contribution in [3.05, 3.63) is 93.4 Å². The van der Waals surface area contributed by atoms with E-state index in [1.807, 2.05) is 38.1 Å². The normalized spacial score (nSPS) is 11.1. The molecule has 174 valence electrons. The smallest absolute Gasteiger partial charge is 0.263 e. The Morgan fingerprint density at radius 3 is 2.57 bits per heavy atom. The van der Waals surface area contributed by atoms with Gasteiger partial charge in [-0.3, -0.25) is 9.59 Å². The Kier molecular flexibility index (Phi) is 5.88. The maximum absolute atomic E-state index is 13.3. The van der Waals surface area contributed by atoms with Crippen LogP contribution in [0.25, 0.3) is 33.9 Å². The van der Waals surface area contributed by atoms with Crippen LogP contribution < -0.4 is 10.7 Å². The number of aryl methyl sites for hydroxylation is 2. The molecule has 0 spiro atoms. The number of carbonyl (C=O) groups excluding carboxylic acids is 1. The van der Waals surface area contributed by atoms with Crippen molar-refractivity contribution in [3.63, 3.8) is 0 Å². The number of anilines is 1. The van der Waals surface area contributed by atoms with Gasteiger partial charge >= 0.3 is 0 Å². The van der Waals surface area contributed by atoms with Crippen molar-refractivity contribution in [1.82, 2.24) is 19.7 Å². The van der Waals surface area contributed by atoms with E-state index < -0.39 is 0 Å². The predicted molar refractivity (Wildman–Crippen MR) is 134 cm³/mol. The van der Waals surface area contributed by atoms with Crippen LogP contribution in [-0.4, -0.2) is 25.6 Å². The summed E-state index contributed by atoms with van der Waals surface area (Å²) in [4.78, 5) is 35.2. The summed E-state index contributed by atoms with van der Waals surface area (Å²) in [5, 5.41) is 7.63. The summed E-state index contributed by atoms with van der Waals surface area (Å²) in [6.45, 7) is 3.66. The summed E-state index contributed by atoms with van der Waals surface area (Å²) >= 11 is 6.17. The highest BCUT2D eigenvalue weighted by atomic mass is 35.5. The molecule has 0 aliphatic carbocycles. The van der Waals surface area contributed by atoms with Gasteiger partial charge in [-0.2, -0.15) is 4.98 Å².